The van der Waals surface area contributed by atoms with E-state index in [-0.39, 0.29) is 24.5 Å². The molecule has 0 saturated heterocycles. The molecule has 6 heteroatoms. The van der Waals surface area contributed by atoms with Crippen LogP contribution in [-0.2, 0) is 14.3 Å². The first-order valence-electron chi connectivity index (χ1n) is 7.43. The summed E-state index contributed by atoms with van der Waals surface area (Å²) in [6, 6.07) is 7.00. The van der Waals surface area contributed by atoms with E-state index in [1.54, 1.807) is 24.3 Å². The monoisotopic (exact) mass is 306 g/mol. The molecule has 3 N–H and O–H groups in total. The number of hydrogen-bond donors (Lipinski definition) is 2. The van der Waals surface area contributed by atoms with Crippen molar-refractivity contribution in [3.63, 3.8) is 0 Å². The van der Waals surface area contributed by atoms with E-state index >= 15 is 0 Å². The highest BCUT2D eigenvalue weighted by atomic mass is 16.6. The van der Waals surface area contributed by atoms with Crippen molar-refractivity contribution >= 4 is 17.6 Å². The second-order valence-corrected chi connectivity index (χ2v) is 5.50. The van der Waals surface area contributed by atoms with E-state index in [2.05, 4.69) is 10.1 Å². The molecular weight excluding hydrogens is 284 g/mol. The molecule has 1 aliphatic rings. The average Bonchev–Trinajstić information content (AvgIpc) is 2.91. The minimum Gasteiger partial charge on any atom is -0.482 e. The van der Waals surface area contributed by atoms with Crippen LogP contribution in [0.15, 0.2) is 24.3 Å². The Balaban J connectivity index is 1.80. The van der Waals surface area contributed by atoms with Crippen LogP contribution in [0.25, 0.3) is 0 Å². The number of rotatable bonds is 6. The Bertz CT molecular complexity index is 515. The molecule has 0 unspecified atom stereocenters. The first-order valence-corrected chi connectivity index (χ1v) is 7.43. The number of hydrogen-bond acceptors (Lipinski definition) is 5. The summed E-state index contributed by atoms with van der Waals surface area (Å²) in [4.78, 5) is 23.0. The number of carbonyl (C=O) groups is 2. The topological polar surface area (TPSA) is 90.6 Å². The molecule has 0 heterocycles. The molecule has 6 nitrogen and oxygen atoms in total. The van der Waals surface area contributed by atoms with Crippen LogP contribution in [-0.4, -0.2) is 31.6 Å². The van der Waals surface area contributed by atoms with Crippen LogP contribution >= 0.6 is 0 Å². The minimum absolute atomic E-state index is 0.0226. The Kier molecular flexibility index (Phi) is 5.77. The Morgan fingerprint density at radius 1 is 1.27 bits per heavy atom. The molecule has 2 rings (SSSR count). The quantitative estimate of drug-likeness (QED) is 0.781. The summed E-state index contributed by atoms with van der Waals surface area (Å²) in [5.41, 5.74) is 6.67. The van der Waals surface area contributed by atoms with E-state index in [0.717, 1.165) is 19.3 Å². The van der Waals surface area contributed by atoms with Gasteiger partial charge in [-0.1, -0.05) is 6.42 Å². The molecule has 1 aliphatic carbocycles. The summed E-state index contributed by atoms with van der Waals surface area (Å²) in [6.07, 6.45) is 3.59. The van der Waals surface area contributed by atoms with Gasteiger partial charge in [-0.15, -0.1) is 0 Å². The number of carbonyl (C=O) groups excluding carboxylic acids is 2. The molecule has 1 aromatic rings. The van der Waals surface area contributed by atoms with Crippen molar-refractivity contribution < 1.29 is 19.1 Å². The maximum atomic E-state index is 12.0. The number of benzene rings is 1. The largest absolute Gasteiger partial charge is 0.482 e. The van der Waals surface area contributed by atoms with Crippen LogP contribution < -0.4 is 15.8 Å². The molecule has 1 amide bonds. The third kappa shape index (κ3) is 4.73. The van der Waals surface area contributed by atoms with E-state index < -0.39 is 5.97 Å². The lowest BCUT2D eigenvalue weighted by Crippen LogP contribution is -2.28. The van der Waals surface area contributed by atoms with Crippen LogP contribution in [0, 0.1) is 5.92 Å². The lowest BCUT2D eigenvalue weighted by Gasteiger charge is -2.14. The number of methoxy groups -OCH3 is 1. The van der Waals surface area contributed by atoms with Crippen molar-refractivity contribution in [2.24, 2.45) is 11.7 Å². The van der Waals surface area contributed by atoms with Gasteiger partial charge in [0.05, 0.1) is 7.11 Å². The van der Waals surface area contributed by atoms with Crippen molar-refractivity contribution in [1.29, 1.82) is 0 Å². The summed E-state index contributed by atoms with van der Waals surface area (Å²) in [7, 11) is 1.31. The molecule has 0 bridgehead atoms. The highest BCUT2D eigenvalue weighted by Crippen LogP contribution is 2.27. The summed E-state index contributed by atoms with van der Waals surface area (Å²) in [6.45, 7) is -0.137. The minimum atomic E-state index is -0.440. The molecule has 1 saturated carbocycles. The molecule has 2 atom stereocenters. The smallest absolute Gasteiger partial charge is 0.343 e. The van der Waals surface area contributed by atoms with E-state index in [1.165, 1.54) is 7.11 Å². The van der Waals surface area contributed by atoms with Gasteiger partial charge < -0.3 is 20.5 Å². The zero-order valence-electron chi connectivity index (χ0n) is 12.7. The summed E-state index contributed by atoms with van der Waals surface area (Å²) in [5, 5.41) is 2.85. The third-order valence-corrected chi connectivity index (χ3v) is 3.89. The SMILES string of the molecule is COC(=O)COc1ccc(NC(=O)C[C@@H]2CCC[C@H]2N)cc1. The van der Waals surface area contributed by atoms with Gasteiger partial charge in [-0.05, 0) is 43.0 Å². The zero-order chi connectivity index (χ0) is 15.9. The number of esters is 1. The second-order valence-electron chi connectivity index (χ2n) is 5.50. The molecule has 0 aromatic heterocycles. The fraction of sp³-hybridized carbons (Fsp3) is 0.500. The van der Waals surface area contributed by atoms with Crippen LogP contribution in [0.2, 0.25) is 0 Å². The highest BCUT2D eigenvalue weighted by Gasteiger charge is 2.25. The van der Waals surface area contributed by atoms with Crippen molar-refractivity contribution in [1.82, 2.24) is 0 Å². The van der Waals surface area contributed by atoms with Crippen molar-refractivity contribution in [2.75, 3.05) is 19.0 Å². The summed E-state index contributed by atoms with van der Waals surface area (Å²) >= 11 is 0. The number of ether oxygens (including phenoxy) is 2. The van der Waals surface area contributed by atoms with Gasteiger partial charge in [-0.25, -0.2) is 4.79 Å². The Morgan fingerprint density at radius 3 is 2.59 bits per heavy atom. The first kappa shape index (κ1) is 16.3. The molecule has 120 valence electrons. The molecule has 0 radical (unpaired) electrons. The van der Waals surface area contributed by atoms with Crippen molar-refractivity contribution in [3.8, 4) is 5.75 Å². The van der Waals surface area contributed by atoms with E-state index in [1.807, 2.05) is 0 Å². The van der Waals surface area contributed by atoms with Gasteiger partial charge in [-0.3, -0.25) is 4.79 Å². The number of nitrogens with one attached hydrogen (secondary N) is 1. The maximum Gasteiger partial charge on any atom is 0.343 e. The molecular formula is C16H22N2O4. The van der Waals surface area contributed by atoms with Gasteiger partial charge in [0.1, 0.15) is 5.75 Å². The summed E-state index contributed by atoms with van der Waals surface area (Å²) < 4.78 is 9.73. The van der Waals surface area contributed by atoms with E-state index in [4.69, 9.17) is 10.5 Å². The maximum absolute atomic E-state index is 12.0. The first-order chi connectivity index (χ1) is 10.6. The Hall–Kier alpha value is -2.08. The molecule has 1 aromatic carbocycles. The molecule has 0 aliphatic heterocycles. The van der Waals surface area contributed by atoms with Crippen molar-refractivity contribution in [3.05, 3.63) is 24.3 Å². The lowest BCUT2D eigenvalue weighted by molar-refractivity contribution is -0.142. The van der Waals surface area contributed by atoms with Gasteiger partial charge in [0.25, 0.3) is 0 Å². The normalized spacial score (nSPS) is 20.5. The van der Waals surface area contributed by atoms with Gasteiger partial charge in [-0.2, -0.15) is 0 Å². The Morgan fingerprint density at radius 2 is 2.00 bits per heavy atom. The van der Waals surface area contributed by atoms with Gasteiger partial charge in [0.2, 0.25) is 5.91 Å². The van der Waals surface area contributed by atoms with E-state index in [0.29, 0.717) is 17.9 Å². The highest BCUT2D eigenvalue weighted by molar-refractivity contribution is 5.90. The standard InChI is InChI=1S/C16H22N2O4/c1-21-16(20)10-22-13-7-5-12(6-8-13)18-15(19)9-11-3-2-4-14(11)17/h5-8,11,14H,2-4,9-10,17H2,1H3,(H,18,19)/t11-,14+/m0/s1. The lowest BCUT2D eigenvalue weighted by atomic mass is 10.00. The van der Waals surface area contributed by atoms with Crippen molar-refractivity contribution in [2.45, 2.75) is 31.7 Å². The predicted octanol–water partition coefficient (Wildman–Crippen LogP) is 1.69. The molecule has 0 spiro atoms. The fourth-order valence-electron chi connectivity index (χ4n) is 2.60. The van der Waals surface area contributed by atoms with Gasteiger partial charge >= 0.3 is 5.97 Å². The molecule has 1 fully saturated rings. The van der Waals surface area contributed by atoms with Crippen LogP contribution in [0.1, 0.15) is 25.7 Å². The zero-order valence-corrected chi connectivity index (χ0v) is 12.7. The van der Waals surface area contributed by atoms with Crippen LogP contribution in [0.4, 0.5) is 5.69 Å². The average molecular weight is 306 g/mol. The van der Waals surface area contributed by atoms with E-state index in [9.17, 15) is 9.59 Å². The van der Waals surface area contributed by atoms with Gasteiger partial charge in [0, 0.05) is 18.2 Å². The number of amides is 1. The third-order valence-electron chi connectivity index (χ3n) is 3.89. The number of anilines is 1. The fourth-order valence-corrected chi connectivity index (χ4v) is 2.60. The second kappa shape index (κ2) is 7.79. The summed E-state index contributed by atoms with van der Waals surface area (Å²) in [5.74, 6) is 0.361. The Labute approximate surface area is 130 Å². The molecule has 22 heavy (non-hydrogen) atoms. The van der Waals surface area contributed by atoms with Crippen LogP contribution in [0.3, 0.4) is 0 Å². The predicted molar refractivity (Wildman–Crippen MR) is 82.5 cm³/mol. The van der Waals surface area contributed by atoms with Crippen LogP contribution in [0.5, 0.6) is 5.75 Å². The van der Waals surface area contributed by atoms with Gasteiger partial charge in [0.15, 0.2) is 6.61 Å². The number of nitrogens with two attached hydrogens (primary N) is 1.